The van der Waals surface area contributed by atoms with Crippen molar-refractivity contribution in [2.45, 2.75) is 32.1 Å². The number of hydrogen-bond acceptors (Lipinski definition) is 4. The lowest BCUT2D eigenvalue weighted by atomic mass is 9.89. The largest absolute Gasteiger partial charge is 0.456 e. The lowest BCUT2D eigenvalue weighted by molar-refractivity contribution is -0.139. The quantitative estimate of drug-likeness (QED) is 0.437. The van der Waals surface area contributed by atoms with Crippen molar-refractivity contribution >= 4 is 28.5 Å². The van der Waals surface area contributed by atoms with E-state index in [0.717, 1.165) is 31.2 Å². The zero-order chi connectivity index (χ0) is 18.8. The second-order valence-electron chi connectivity index (χ2n) is 6.90. The molecule has 1 saturated carbocycles. The smallest absolute Gasteiger partial charge is 0.314 e. The maximum absolute atomic E-state index is 12.6. The average molecular weight is 383 g/mol. The van der Waals surface area contributed by atoms with Crippen LogP contribution in [0.25, 0.3) is 22.3 Å². The molecular weight excluding hydrogens is 364 g/mol. The number of hydrogen-bond donors (Lipinski definition) is 0. The lowest BCUT2D eigenvalue weighted by Crippen LogP contribution is -2.22. The van der Waals surface area contributed by atoms with Crippen LogP contribution >= 0.6 is 11.6 Å². The second kappa shape index (κ2) is 7.57. The molecule has 1 aromatic heterocycles. The number of carbonyl (C=O) groups excluding carboxylic acids is 1. The Balaban J connectivity index is 1.62. The molecule has 0 N–H and O–H groups in total. The molecule has 138 valence electrons. The first-order chi connectivity index (χ1) is 13.1. The molecule has 0 saturated heterocycles. The minimum absolute atomic E-state index is 0.0434. The Morgan fingerprint density at radius 1 is 1.00 bits per heavy atom. The minimum atomic E-state index is -0.212. The van der Waals surface area contributed by atoms with Crippen molar-refractivity contribution in [2.75, 3.05) is 0 Å². The molecule has 1 aliphatic carbocycles. The number of halogens is 1. The fourth-order valence-corrected chi connectivity index (χ4v) is 3.62. The SMILES string of the molecule is O=C(Oc1ccc2oc(-c3ccc(Cl)cc3)cc(=O)c2c1)C1CCCCC1. The van der Waals surface area contributed by atoms with Gasteiger partial charge in [0.25, 0.3) is 0 Å². The molecule has 0 aliphatic heterocycles. The molecule has 27 heavy (non-hydrogen) atoms. The Morgan fingerprint density at radius 2 is 1.74 bits per heavy atom. The highest BCUT2D eigenvalue weighted by Gasteiger charge is 2.23. The molecule has 2 aromatic carbocycles. The van der Waals surface area contributed by atoms with Gasteiger partial charge in [-0.05, 0) is 55.3 Å². The van der Waals surface area contributed by atoms with E-state index >= 15 is 0 Å². The number of carbonyl (C=O) groups is 1. The first-order valence-corrected chi connectivity index (χ1v) is 9.53. The number of esters is 1. The van der Waals surface area contributed by atoms with Crippen LogP contribution in [0.4, 0.5) is 0 Å². The summed E-state index contributed by atoms with van der Waals surface area (Å²) in [7, 11) is 0. The van der Waals surface area contributed by atoms with Crippen LogP contribution in [0, 0.1) is 5.92 Å². The van der Waals surface area contributed by atoms with Crippen LogP contribution in [-0.2, 0) is 4.79 Å². The molecule has 5 heteroatoms. The van der Waals surface area contributed by atoms with Gasteiger partial charge in [0, 0.05) is 16.7 Å². The van der Waals surface area contributed by atoms with Gasteiger partial charge in [-0.25, -0.2) is 0 Å². The Hall–Kier alpha value is -2.59. The van der Waals surface area contributed by atoms with Crippen molar-refractivity contribution in [2.24, 2.45) is 5.92 Å². The summed E-state index contributed by atoms with van der Waals surface area (Å²) in [6.45, 7) is 0. The molecule has 1 fully saturated rings. The summed E-state index contributed by atoms with van der Waals surface area (Å²) in [5.74, 6) is 0.593. The fraction of sp³-hybridized carbons (Fsp3) is 0.273. The first-order valence-electron chi connectivity index (χ1n) is 9.16. The normalized spacial score (nSPS) is 15.0. The van der Waals surface area contributed by atoms with Gasteiger partial charge in [0.1, 0.15) is 17.1 Å². The predicted octanol–water partition coefficient (Wildman–Crippen LogP) is 5.60. The highest BCUT2D eigenvalue weighted by molar-refractivity contribution is 6.30. The van der Waals surface area contributed by atoms with Crippen LogP contribution in [-0.4, -0.2) is 5.97 Å². The van der Waals surface area contributed by atoms with E-state index in [1.807, 2.05) is 0 Å². The molecule has 4 nitrogen and oxygen atoms in total. The van der Waals surface area contributed by atoms with E-state index in [9.17, 15) is 9.59 Å². The molecule has 0 amide bonds. The summed E-state index contributed by atoms with van der Waals surface area (Å²) in [5.41, 5.74) is 1.04. The van der Waals surface area contributed by atoms with Crippen LogP contribution in [0.1, 0.15) is 32.1 Å². The van der Waals surface area contributed by atoms with Crippen LogP contribution in [0.2, 0.25) is 5.02 Å². The third-order valence-corrected chi connectivity index (χ3v) is 5.24. The third kappa shape index (κ3) is 3.91. The molecule has 1 aliphatic rings. The highest BCUT2D eigenvalue weighted by atomic mass is 35.5. The van der Waals surface area contributed by atoms with Gasteiger partial charge in [-0.2, -0.15) is 0 Å². The molecule has 0 unspecified atom stereocenters. The van der Waals surface area contributed by atoms with Gasteiger partial charge in [-0.1, -0.05) is 30.9 Å². The van der Waals surface area contributed by atoms with Crippen molar-refractivity contribution in [3.63, 3.8) is 0 Å². The van der Waals surface area contributed by atoms with Crippen LogP contribution in [0.3, 0.4) is 0 Å². The van der Waals surface area contributed by atoms with E-state index in [-0.39, 0.29) is 17.3 Å². The van der Waals surface area contributed by atoms with Crippen molar-refractivity contribution in [1.29, 1.82) is 0 Å². The molecule has 0 bridgehead atoms. The summed E-state index contributed by atoms with van der Waals surface area (Å²) in [4.78, 5) is 24.9. The molecule has 1 heterocycles. The van der Waals surface area contributed by atoms with E-state index in [1.54, 1.807) is 42.5 Å². The molecule has 4 rings (SSSR count). The van der Waals surface area contributed by atoms with Crippen LogP contribution < -0.4 is 10.2 Å². The van der Waals surface area contributed by atoms with Gasteiger partial charge in [-0.15, -0.1) is 0 Å². The maximum atomic E-state index is 12.6. The second-order valence-corrected chi connectivity index (χ2v) is 7.33. The number of rotatable bonds is 3. The minimum Gasteiger partial charge on any atom is -0.456 e. The van der Waals surface area contributed by atoms with E-state index in [1.165, 1.54) is 12.5 Å². The van der Waals surface area contributed by atoms with Gasteiger partial charge in [0.2, 0.25) is 0 Å². The van der Waals surface area contributed by atoms with E-state index < -0.39 is 0 Å². The van der Waals surface area contributed by atoms with Crippen molar-refractivity contribution in [3.8, 4) is 17.1 Å². The van der Waals surface area contributed by atoms with Gasteiger partial charge >= 0.3 is 5.97 Å². The van der Waals surface area contributed by atoms with Crippen molar-refractivity contribution in [1.82, 2.24) is 0 Å². The summed E-state index contributed by atoms with van der Waals surface area (Å²) >= 11 is 5.91. The summed E-state index contributed by atoms with van der Waals surface area (Å²) in [6.07, 6.45) is 5.05. The zero-order valence-electron chi connectivity index (χ0n) is 14.7. The van der Waals surface area contributed by atoms with Gasteiger partial charge in [0.05, 0.1) is 11.3 Å². The van der Waals surface area contributed by atoms with Crippen LogP contribution in [0.15, 0.2) is 57.7 Å². The molecule has 0 atom stereocenters. The van der Waals surface area contributed by atoms with Crippen LogP contribution in [0.5, 0.6) is 5.75 Å². The van der Waals surface area contributed by atoms with Gasteiger partial charge in [-0.3, -0.25) is 9.59 Å². The summed E-state index contributed by atoms with van der Waals surface area (Å²) < 4.78 is 11.4. The number of fused-ring (bicyclic) bond motifs is 1. The monoisotopic (exact) mass is 382 g/mol. The van der Waals surface area contributed by atoms with Crippen molar-refractivity contribution < 1.29 is 13.9 Å². The molecule has 0 spiro atoms. The van der Waals surface area contributed by atoms with Crippen molar-refractivity contribution in [3.05, 3.63) is 63.8 Å². The predicted molar refractivity (Wildman–Crippen MR) is 105 cm³/mol. The molecule has 3 aromatic rings. The van der Waals surface area contributed by atoms with Gasteiger partial charge in [0.15, 0.2) is 5.43 Å². The number of ether oxygens (including phenoxy) is 1. The van der Waals surface area contributed by atoms with E-state index in [4.69, 9.17) is 20.8 Å². The fourth-order valence-electron chi connectivity index (χ4n) is 3.49. The third-order valence-electron chi connectivity index (χ3n) is 4.98. The van der Waals surface area contributed by atoms with Gasteiger partial charge < -0.3 is 9.15 Å². The molecular formula is C22H19ClO4. The zero-order valence-corrected chi connectivity index (χ0v) is 15.5. The average Bonchev–Trinajstić information content (AvgIpc) is 2.69. The Labute approximate surface area is 161 Å². The number of benzene rings is 2. The Bertz CT molecular complexity index is 1030. The Kier molecular flexibility index (Phi) is 4.99. The van der Waals surface area contributed by atoms with E-state index in [2.05, 4.69) is 0 Å². The topological polar surface area (TPSA) is 56.5 Å². The summed E-state index contributed by atoms with van der Waals surface area (Å²) in [5, 5.41) is 1.01. The lowest BCUT2D eigenvalue weighted by Gasteiger charge is -2.19. The highest BCUT2D eigenvalue weighted by Crippen LogP contribution is 2.28. The van der Waals surface area contributed by atoms with E-state index in [0.29, 0.717) is 27.5 Å². The maximum Gasteiger partial charge on any atom is 0.314 e. The standard InChI is InChI=1S/C22H19ClO4/c23-16-8-6-14(7-9-16)21-13-19(24)18-12-17(10-11-20(18)27-21)26-22(25)15-4-2-1-3-5-15/h6-13,15H,1-5H2. The molecule has 0 radical (unpaired) electrons. The first kappa shape index (κ1) is 17.8. The summed E-state index contributed by atoms with van der Waals surface area (Å²) in [6, 6.07) is 13.4. The Morgan fingerprint density at radius 3 is 2.48 bits per heavy atom.